The van der Waals surface area contributed by atoms with Gasteiger partial charge in [0.1, 0.15) is 29.6 Å². The zero-order valence-corrected chi connectivity index (χ0v) is 22.4. The number of amides is 1. The Balaban J connectivity index is 1.71. The number of hydrogen-bond acceptors (Lipinski definition) is 7. The van der Waals surface area contributed by atoms with E-state index >= 15 is 0 Å². The van der Waals surface area contributed by atoms with Gasteiger partial charge in [0.25, 0.3) is 11.7 Å². The minimum absolute atomic E-state index is 0.0776. The van der Waals surface area contributed by atoms with Gasteiger partial charge in [0.2, 0.25) is 0 Å². The minimum Gasteiger partial charge on any atom is -0.507 e. The molecular weight excluding hydrogens is 533 g/mol. The second kappa shape index (κ2) is 11.7. The Morgan fingerprint density at radius 2 is 1.37 bits per heavy atom. The molecule has 1 aliphatic heterocycles. The molecule has 198 valence electrons. The Morgan fingerprint density at radius 1 is 0.842 bits per heavy atom. The molecule has 1 atom stereocenters. The molecule has 8 nitrogen and oxygen atoms in total. The SMILES string of the molecule is COc1ccc(OCCN2C(=O)C(=O)/C(=C(/O)c3cc(Cl)c(OC)c(Cl)c3)C2c2ccc(OC)cc2)cc1. The average molecular weight is 558 g/mol. The van der Waals surface area contributed by atoms with Crippen LogP contribution in [0.2, 0.25) is 10.0 Å². The first-order valence-corrected chi connectivity index (χ1v) is 12.3. The zero-order chi connectivity index (χ0) is 27.4. The molecule has 1 aliphatic rings. The minimum atomic E-state index is -0.889. The van der Waals surface area contributed by atoms with Crippen LogP contribution < -0.4 is 18.9 Å². The second-order valence-corrected chi connectivity index (χ2v) is 9.08. The summed E-state index contributed by atoms with van der Waals surface area (Å²) in [5, 5.41) is 11.6. The molecule has 0 aromatic heterocycles. The van der Waals surface area contributed by atoms with Gasteiger partial charge in [-0.25, -0.2) is 0 Å². The maximum atomic E-state index is 13.3. The number of carbonyl (C=O) groups is 2. The number of ketones is 1. The van der Waals surface area contributed by atoms with Crippen molar-refractivity contribution in [2.45, 2.75) is 6.04 Å². The van der Waals surface area contributed by atoms with Gasteiger partial charge in [-0.15, -0.1) is 0 Å². The highest BCUT2D eigenvalue weighted by molar-refractivity contribution is 6.46. The van der Waals surface area contributed by atoms with Gasteiger partial charge in [0.05, 0.1) is 49.5 Å². The predicted molar refractivity (Wildman–Crippen MR) is 144 cm³/mol. The van der Waals surface area contributed by atoms with Gasteiger partial charge in [0, 0.05) is 5.56 Å². The molecule has 0 aliphatic carbocycles. The highest BCUT2D eigenvalue weighted by atomic mass is 35.5. The van der Waals surface area contributed by atoms with E-state index in [1.165, 1.54) is 31.3 Å². The summed E-state index contributed by atoms with van der Waals surface area (Å²) in [6.45, 7) is 0.181. The van der Waals surface area contributed by atoms with Gasteiger partial charge in [-0.3, -0.25) is 9.59 Å². The lowest BCUT2D eigenvalue weighted by Gasteiger charge is -2.25. The lowest BCUT2D eigenvalue weighted by Crippen LogP contribution is -2.33. The Kier molecular flexibility index (Phi) is 8.34. The molecule has 10 heteroatoms. The molecule has 0 spiro atoms. The monoisotopic (exact) mass is 557 g/mol. The van der Waals surface area contributed by atoms with Crippen LogP contribution in [0.4, 0.5) is 0 Å². The molecule has 1 heterocycles. The third-order valence-corrected chi connectivity index (χ3v) is 6.67. The van der Waals surface area contributed by atoms with E-state index in [-0.39, 0.29) is 40.1 Å². The number of ether oxygens (including phenoxy) is 4. The van der Waals surface area contributed by atoms with E-state index in [1.54, 1.807) is 55.6 Å². The number of likely N-dealkylation sites (tertiary alicyclic amines) is 1. The molecule has 0 saturated carbocycles. The summed E-state index contributed by atoms with van der Waals surface area (Å²) in [5.74, 6) is 0.0727. The molecule has 3 aromatic rings. The van der Waals surface area contributed by atoms with E-state index < -0.39 is 23.5 Å². The van der Waals surface area contributed by atoms with E-state index in [0.29, 0.717) is 22.8 Å². The molecule has 1 saturated heterocycles. The number of rotatable bonds is 9. The first-order valence-electron chi connectivity index (χ1n) is 11.5. The van der Waals surface area contributed by atoms with Gasteiger partial charge in [-0.05, 0) is 54.1 Å². The van der Waals surface area contributed by atoms with Crippen molar-refractivity contribution in [2.24, 2.45) is 0 Å². The molecule has 3 aromatic carbocycles. The number of nitrogens with zero attached hydrogens (tertiary/aromatic N) is 1. The molecule has 0 bridgehead atoms. The summed E-state index contributed by atoms with van der Waals surface area (Å²) in [4.78, 5) is 27.8. The van der Waals surface area contributed by atoms with Crippen LogP contribution in [0.15, 0.2) is 66.2 Å². The molecule has 1 amide bonds. The van der Waals surface area contributed by atoms with E-state index in [9.17, 15) is 14.7 Å². The third-order valence-electron chi connectivity index (χ3n) is 6.11. The molecule has 0 radical (unpaired) electrons. The fourth-order valence-electron chi connectivity index (χ4n) is 4.22. The molecule has 38 heavy (non-hydrogen) atoms. The van der Waals surface area contributed by atoms with Crippen LogP contribution in [0.25, 0.3) is 5.76 Å². The Morgan fingerprint density at radius 3 is 1.89 bits per heavy atom. The van der Waals surface area contributed by atoms with Crippen molar-refractivity contribution in [3.05, 3.63) is 87.4 Å². The smallest absolute Gasteiger partial charge is 0.295 e. The summed E-state index contributed by atoms with van der Waals surface area (Å²) in [7, 11) is 4.52. The molecule has 1 unspecified atom stereocenters. The van der Waals surface area contributed by atoms with Crippen LogP contribution in [0, 0.1) is 0 Å². The average Bonchev–Trinajstić information content (AvgIpc) is 3.18. The third kappa shape index (κ3) is 5.37. The van der Waals surface area contributed by atoms with Crippen molar-refractivity contribution in [1.82, 2.24) is 4.90 Å². The zero-order valence-electron chi connectivity index (χ0n) is 20.9. The van der Waals surface area contributed by atoms with Crippen LogP contribution in [-0.4, -0.2) is 56.2 Å². The maximum Gasteiger partial charge on any atom is 0.295 e. The van der Waals surface area contributed by atoms with E-state index in [4.69, 9.17) is 42.1 Å². The Labute approximate surface area is 229 Å². The highest BCUT2D eigenvalue weighted by Gasteiger charge is 2.46. The molecule has 1 fully saturated rings. The summed E-state index contributed by atoms with van der Waals surface area (Å²) in [6, 6.07) is 15.8. The van der Waals surface area contributed by atoms with Crippen molar-refractivity contribution in [3.63, 3.8) is 0 Å². The molecular formula is C28H25Cl2NO7. The van der Waals surface area contributed by atoms with Crippen LogP contribution in [-0.2, 0) is 9.59 Å². The predicted octanol–water partition coefficient (Wildman–Crippen LogP) is 5.52. The lowest BCUT2D eigenvalue weighted by molar-refractivity contribution is -0.140. The van der Waals surface area contributed by atoms with Crippen molar-refractivity contribution in [2.75, 3.05) is 34.5 Å². The molecule has 4 rings (SSSR count). The van der Waals surface area contributed by atoms with Crippen LogP contribution in [0.1, 0.15) is 17.2 Å². The normalized spacial score (nSPS) is 16.4. The number of aliphatic hydroxyl groups excluding tert-OH is 1. The Hall–Kier alpha value is -3.88. The highest BCUT2D eigenvalue weighted by Crippen LogP contribution is 2.42. The van der Waals surface area contributed by atoms with Crippen LogP contribution in [0.5, 0.6) is 23.0 Å². The lowest BCUT2D eigenvalue weighted by atomic mass is 9.95. The number of aliphatic hydroxyl groups is 1. The number of halogens is 2. The van der Waals surface area contributed by atoms with Gasteiger partial charge >= 0.3 is 0 Å². The quantitative estimate of drug-likeness (QED) is 0.210. The Bertz CT molecular complexity index is 1350. The summed E-state index contributed by atoms with van der Waals surface area (Å²) < 4.78 is 21.4. The molecule has 1 N–H and O–H groups in total. The van der Waals surface area contributed by atoms with Gasteiger partial charge in [0.15, 0.2) is 5.75 Å². The first-order chi connectivity index (χ1) is 18.3. The number of hydrogen-bond donors (Lipinski definition) is 1. The van der Waals surface area contributed by atoms with Crippen molar-refractivity contribution >= 4 is 40.7 Å². The summed E-state index contributed by atoms with van der Waals surface area (Å²) in [6.07, 6.45) is 0. The summed E-state index contributed by atoms with van der Waals surface area (Å²) >= 11 is 12.5. The van der Waals surface area contributed by atoms with Crippen molar-refractivity contribution < 1.29 is 33.6 Å². The number of carbonyl (C=O) groups excluding carboxylic acids is 2. The fraction of sp³-hybridized carbons (Fsp3) is 0.214. The van der Waals surface area contributed by atoms with Gasteiger partial charge in [-0.1, -0.05) is 35.3 Å². The van der Waals surface area contributed by atoms with Crippen LogP contribution >= 0.6 is 23.2 Å². The second-order valence-electron chi connectivity index (χ2n) is 8.26. The van der Waals surface area contributed by atoms with Crippen LogP contribution in [0.3, 0.4) is 0 Å². The van der Waals surface area contributed by atoms with Gasteiger partial charge in [-0.2, -0.15) is 0 Å². The summed E-state index contributed by atoms with van der Waals surface area (Å²) in [5.41, 5.74) is 0.676. The van der Waals surface area contributed by atoms with Gasteiger partial charge < -0.3 is 29.0 Å². The van der Waals surface area contributed by atoms with E-state index in [0.717, 1.165) is 0 Å². The largest absolute Gasteiger partial charge is 0.507 e. The number of Topliss-reactive ketones (excluding diaryl/α,β-unsaturated/α-hetero) is 1. The van der Waals surface area contributed by atoms with E-state index in [1.807, 2.05) is 0 Å². The standard InChI is InChI=1S/C28H25Cl2NO7/c1-35-18-6-4-16(5-7-18)24-23(25(32)17-14-21(29)27(37-3)22(30)15-17)26(33)28(34)31(24)12-13-38-20-10-8-19(36-2)9-11-20/h4-11,14-15,24,32H,12-13H2,1-3H3/b25-23+. The fourth-order valence-corrected chi connectivity index (χ4v) is 4.87. The van der Waals surface area contributed by atoms with Crippen molar-refractivity contribution in [3.8, 4) is 23.0 Å². The topological polar surface area (TPSA) is 94.5 Å². The maximum absolute atomic E-state index is 13.3. The van der Waals surface area contributed by atoms with E-state index in [2.05, 4.69) is 0 Å². The number of benzene rings is 3. The van der Waals surface area contributed by atoms with Crippen molar-refractivity contribution in [1.29, 1.82) is 0 Å². The first kappa shape index (κ1) is 27.2. The number of methoxy groups -OCH3 is 3.